The van der Waals surface area contributed by atoms with Crippen LogP contribution >= 0.6 is 0 Å². The molecule has 2 fully saturated rings. The van der Waals surface area contributed by atoms with E-state index in [1.807, 2.05) is 0 Å². The van der Waals surface area contributed by atoms with Gasteiger partial charge in [-0.25, -0.2) is 0 Å². The number of nitrogens with one attached hydrogen (secondary N) is 1. The van der Waals surface area contributed by atoms with Crippen LogP contribution in [-0.4, -0.2) is 43.3 Å². The maximum Gasteiger partial charge on any atom is 0.0625 e. The van der Waals surface area contributed by atoms with Gasteiger partial charge in [0.05, 0.1) is 13.2 Å². The predicted octanol–water partition coefficient (Wildman–Crippen LogP) is 2.28. The maximum atomic E-state index is 5.86. The van der Waals surface area contributed by atoms with E-state index >= 15 is 0 Å². The van der Waals surface area contributed by atoms with Gasteiger partial charge >= 0.3 is 0 Å². The van der Waals surface area contributed by atoms with Crippen molar-refractivity contribution in [1.29, 1.82) is 0 Å². The van der Waals surface area contributed by atoms with Crippen LogP contribution < -0.4 is 5.32 Å². The molecule has 2 heterocycles. The van der Waals surface area contributed by atoms with Gasteiger partial charge in [0.15, 0.2) is 0 Å². The van der Waals surface area contributed by atoms with Crippen LogP contribution in [0.15, 0.2) is 30.3 Å². The van der Waals surface area contributed by atoms with Crippen LogP contribution in [0, 0.1) is 5.92 Å². The third kappa shape index (κ3) is 3.22. The summed E-state index contributed by atoms with van der Waals surface area (Å²) in [5.41, 5.74) is 1.35. The number of ether oxygens (including phenoxy) is 1. The minimum absolute atomic E-state index is 0.467. The number of benzene rings is 1. The van der Waals surface area contributed by atoms with Crippen molar-refractivity contribution >= 4 is 0 Å². The molecule has 0 radical (unpaired) electrons. The fraction of sp³-hybridized carbons (Fsp3) is 0.647. The molecule has 2 aliphatic heterocycles. The molecule has 1 unspecified atom stereocenters. The molecular weight excluding hydrogens is 248 g/mol. The van der Waals surface area contributed by atoms with Gasteiger partial charge in [-0.2, -0.15) is 0 Å². The molecule has 0 spiro atoms. The fourth-order valence-electron chi connectivity index (χ4n) is 3.49. The third-order valence-corrected chi connectivity index (χ3v) is 4.85. The topological polar surface area (TPSA) is 24.5 Å². The second-order valence-electron chi connectivity index (χ2n) is 6.18. The Morgan fingerprint density at radius 2 is 1.90 bits per heavy atom. The summed E-state index contributed by atoms with van der Waals surface area (Å²) in [5.74, 6) is 0.658. The van der Waals surface area contributed by atoms with Gasteiger partial charge in [0, 0.05) is 18.6 Å². The van der Waals surface area contributed by atoms with Crippen LogP contribution in [0.2, 0.25) is 0 Å². The molecule has 110 valence electrons. The number of nitrogens with zero attached hydrogens (tertiary/aromatic N) is 1. The first kappa shape index (κ1) is 14.1. The summed E-state index contributed by atoms with van der Waals surface area (Å²) in [6, 6.07) is 11.7. The van der Waals surface area contributed by atoms with E-state index in [-0.39, 0.29) is 0 Å². The molecule has 1 aromatic carbocycles. The molecule has 3 atom stereocenters. The van der Waals surface area contributed by atoms with Gasteiger partial charge in [-0.05, 0) is 37.4 Å². The second kappa shape index (κ2) is 6.70. The number of hydrogen-bond acceptors (Lipinski definition) is 3. The molecule has 0 amide bonds. The predicted molar refractivity (Wildman–Crippen MR) is 81.6 cm³/mol. The first-order chi connectivity index (χ1) is 9.84. The Bertz CT molecular complexity index is 403. The molecular formula is C17H26N2O. The first-order valence-corrected chi connectivity index (χ1v) is 7.93. The number of hydrogen-bond donors (Lipinski definition) is 1. The fourth-order valence-corrected chi connectivity index (χ4v) is 3.49. The van der Waals surface area contributed by atoms with Crippen molar-refractivity contribution in [2.45, 2.75) is 38.4 Å². The van der Waals surface area contributed by atoms with Gasteiger partial charge < -0.3 is 10.1 Å². The zero-order chi connectivity index (χ0) is 13.8. The Labute approximate surface area is 122 Å². The van der Waals surface area contributed by atoms with Gasteiger partial charge in [0.2, 0.25) is 0 Å². The minimum atomic E-state index is 0.467. The Hall–Kier alpha value is -0.900. The number of rotatable bonds is 4. The lowest BCUT2D eigenvalue weighted by atomic mass is 9.91. The van der Waals surface area contributed by atoms with Crippen LogP contribution in [-0.2, 0) is 11.3 Å². The molecule has 0 aliphatic carbocycles. The zero-order valence-corrected chi connectivity index (χ0v) is 12.4. The van der Waals surface area contributed by atoms with Crippen molar-refractivity contribution in [2.75, 3.05) is 26.3 Å². The van der Waals surface area contributed by atoms with Gasteiger partial charge in [-0.15, -0.1) is 0 Å². The maximum absolute atomic E-state index is 5.86. The summed E-state index contributed by atoms with van der Waals surface area (Å²) in [6.45, 7) is 7.58. The van der Waals surface area contributed by atoms with Crippen molar-refractivity contribution in [1.82, 2.24) is 10.2 Å². The normalized spacial score (nSPS) is 31.6. The van der Waals surface area contributed by atoms with Crippen LogP contribution in [0.25, 0.3) is 0 Å². The molecule has 20 heavy (non-hydrogen) atoms. The molecule has 0 saturated carbocycles. The van der Waals surface area contributed by atoms with E-state index in [4.69, 9.17) is 4.74 Å². The molecule has 0 aromatic heterocycles. The average molecular weight is 274 g/mol. The lowest BCUT2D eigenvalue weighted by molar-refractivity contribution is -0.0271. The van der Waals surface area contributed by atoms with Crippen molar-refractivity contribution in [3.63, 3.8) is 0 Å². The third-order valence-electron chi connectivity index (χ3n) is 4.85. The lowest BCUT2D eigenvalue weighted by Crippen LogP contribution is -2.54. The van der Waals surface area contributed by atoms with Crippen molar-refractivity contribution in [3.05, 3.63) is 35.9 Å². The molecule has 3 rings (SSSR count). The van der Waals surface area contributed by atoms with E-state index in [0.717, 1.165) is 19.8 Å². The Kier molecular flexibility index (Phi) is 4.71. The van der Waals surface area contributed by atoms with Crippen molar-refractivity contribution in [3.8, 4) is 0 Å². The standard InChI is InChI=1S/C17H26N2O/c1-14-16(18-11-15-7-3-2-4-8-15)12-20-13-17(14)19-9-5-6-10-19/h2-4,7-8,14,16-18H,5-6,9-13H2,1H3/t14-,16+,17?/m0/s1. The summed E-state index contributed by atoms with van der Waals surface area (Å²) in [6.07, 6.45) is 2.71. The number of likely N-dealkylation sites (tertiary alicyclic amines) is 1. The van der Waals surface area contributed by atoms with Crippen LogP contribution in [0.3, 0.4) is 0 Å². The highest BCUT2D eigenvalue weighted by Gasteiger charge is 2.35. The summed E-state index contributed by atoms with van der Waals surface area (Å²) < 4.78 is 5.86. The Morgan fingerprint density at radius 1 is 1.15 bits per heavy atom. The SMILES string of the molecule is C[C@@H]1C(N2CCCC2)COC[C@H]1NCc1ccccc1. The van der Waals surface area contributed by atoms with E-state index in [1.165, 1.54) is 31.5 Å². The molecule has 2 saturated heterocycles. The lowest BCUT2D eigenvalue weighted by Gasteiger charge is -2.41. The van der Waals surface area contributed by atoms with Gasteiger partial charge in [0.1, 0.15) is 0 Å². The Balaban J connectivity index is 1.56. The van der Waals surface area contributed by atoms with E-state index in [2.05, 4.69) is 47.5 Å². The first-order valence-electron chi connectivity index (χ1n) is 7.93. The zero-order valence-electron chi connectivity index (χ0n) is 12.4. The highest BCUT2D eigenvalue weighted by Crippen LogP contribution is 2.24. The van der Waals surface area contributed by atoms with E-state index in [9.17, 15) is 0 Å². The van der Waals surface area contributed by atoms with Crippen LogP contribution in [0.4, 0.5) is 0 Å². The van der Waals surface area contributed by atoms with Gasteiger partial charge in [0.25, 0.3) is 0 Å². The summed E-state index contributed by atoms with van der Waals surface area (Å²) in [5, 5.41) is 3.69. The van der Waals surface area contributed by atoms with Crippen molar-refractivity contribution < 1.29 is 4.74 Å². The average Bonchev–Trinajstić information content (AvgIpc) is 3.01. The summed E-state index contributed by atoms with van der Waals surface area (Å²) in [4.78, 5) is 2.63. The molecule has 1 N–H and O–H groups in total. The van der Waals surface area contributed by atoms with Crippen LogP contribution in [0.1, 0.15) is 25.3 Å². The van der Waals surface area contributed by atoms with E-state index in [1.54, 1.807) is 0 Å². The highest BCUT2D eigenvalue weighted by atomic mass is 16.5. The molecule has 0 bridgehead atoms. The van der Waals surface area contributed by atoms with Gasteiger partial charge in [-0.3, -0.25) is 4.90 Å². The van der Waals surface area contributed by atoms with Gasteiger partial charge in [-0.1, -0.05) is 37.3 Å². The molecule has 2 aliphatic rings. The smallest absolute Gasteiger partial charge is 0.0625 e. The summed E-state index contributed by atoms with van der Waals surface area (Å²) in [7, 11) is 0. The van der Waals surface area contributed by atoms with E-state index < -0.39 is 0 Å². The highest BCUT2D eigenvalue weighted by molar-refractivity contribution is 5.14. The minimum Gasteiger partial charge on any atom is -0.378 e. The molecule has 1 aromatic rings. The van der Waals surface area contributed by atoms with Crippen molar-refractivity contribution in [2.24, 2.45) is 5.92 Å². The monoisotopic (exact) mass is 274 g/mol. The summed E-state index contributed by atoms with van der Waals surface area (Å²) >= 11 is 0. The van der Waals surface area contributed by atoms with Crippen LogP contribution in [0.5, 0.6) is 0 Å². The molecule has 3 heteroatoms. The Morgan fingerprint density at radius 3 is 2.65 bits per heavy atom. The van der Waals surface area contributed by atoms with E-state index in [0.29, 0.717) is 18.0 Å². The second-order valence-corrected chi connectivity index (χ2v) is 6.18. The largest absolute Gasteiger partial charge is 0.378 e. The quantitative estimate of drug-likeness (QED) is 0.911. The molecule has 3 nitrogen and oxygen atoms in total.